The fourth-order valence-electron chi connectivity index (χ4n) is 3.61. The van der Waals surface area contributed by atoms with E-state index >= 15 is 0 Å². The van der Waals surface area contributed by atoms with E-state index in [0.29, 0.717) is 30.3 Å². The van der Waals surface area contributed by atoms with E-state index in [2.05, 4.69) is 31.9 Å². The van der Waals surface area contributed by atoms with Gasteiger partial charge in [-0.25, -0.2) is 4.79 Å². The van der Waals surface area contributed by atoms with Gasteiger partial charge in [-0.15, -0.1) is 0 Å². The number of hydrogen-bond donors (Lipinski definition) is 0. The predicted octanol–water partition coefficient (Wildman–Crippen LogP) is 6.64. The van der Waals surface area contributed by atoms with Crippen molar-refractivity contribution in [3.63, 3.8) is 0 Å². The highest BCUT2D eigenvalue weighted by Crippen LogP contribution is 2.38. The second-order valence-corrected chi connectivity index (χ2v) is 8.92. The molecule has 0 N–H and O–H groups in total. The van der Waals surface area contributed by atoms with Gasteiger partial charge in [0.15, 0.2) is 0 Å². The molecule has 0 atom stereocenters. The van der Waals surface area contributed by atoms with Crippen molar-refractivity contribution in [1.29, 1.82) is 0 Å². The number of hydrogen-bond acceptors (Lipinski definition) is 4. The lowest BCUT2D eigenvalue weighted by Gasteiger charge is -2.15. The predicted molar refractivity (Wildman–Crippen MR) is 131 cm³/mol. The van der Waals surface area contributed by atoms with Gasteiger partial charge < -0.3 is 14.2 Å². The molecule has 1 aliphatic rings. The Morgan fingerprint density at radius 2 is 1.47 bits per heavy atom. The lowest BCUT2D eigenvalue weighted by atomic mass is 9.96. The Kier molecular flexibility index (Phi) is 6.86. The van der Waals surface area contributed by atoms with Gasteiger partial charge >= 0.3 is 6.09 Å². The normalized spacial score (nSPS) is 13.2. The first kappa shape index (κ1) is 22.4. The Hall–Kier alpha value is -2.77. The minimum absolute atomic E-state index is 0.361. The Labute approximate surface area is 203 Å². The molecule has 4 rings (SSSR count). The van der Waals surface area contributed by atoms with Crippen LogP contribution in [0.1, 0.15) is 16.7 Å². The molecule has 1 heterocycles. The molecule has 0 radical (unpaired) electrons. The topological polar surface area (TPSA) is 48.0 Å². The number of halogens is 2. The van der Waals surface area contributed by atoms with Crippen molar-refractivity contribution < 1.29 is 19.0 Å². The molecule has 7 heteroatoms. The molecule has 5 nitrogen and oxygen atoms in total. The molecule has 0 aliphatic carbocycles. The quantitative estimate of drug-likeness (QED) is 0.340. The van der Waals surface area contributed by atoms with Crippen molar-refractivity contribution in [3.05, 3.63) is 98.1 Å². The number of benzene rings is 3. The number of methoxy groups -OCH3 is 2. The minimum Gasteiger partial charge on any atom is -0.496 e. The van der Waals surface area contributed by atoms with Crippen LogP contribution in [0.2, 0.25) is 0 Å². The van der Waals surface area contributed by atoms with Crippen LogP contribution < -0.4 is 9.47 Å². The van der Waals surface area contributed by atoms with Crippen LogP contribution in [0.25, 0.3) is 5.57 Å². The van der Waals surface area contributed by atoms with Crippen LogP contribution in [0.5, 0.6) is 11.5 Å². The average Bonchev–Trinajstić information content (AvgIpc) is 3.16. The van der Waals surface area contributed by atoms with Crippen LogP contribution in [0.15, 0.2) is 81.4 Å². The summed E-state index contributed by atoms with van der Waals surface area (Å²) in [6.45, 7) is 0.837. The average molecular weight is 559 g/mol. The van der Waals surface area contributed by atoms with E-state index in [9.17, 15) is 4.79 Å². The summed E-state index contributed by atoms with van der Waals surface area (Å²) in [4.78, 5) is 14.4. The zero-order valence-electron chi connectivity index (χ0n) is 17.6. The van der Waals surface area contributed by atoms with Crippen LogP contribution in [0, 0.1) is 0 Å². The van der Waals surface area contributed by atoms with Gasteiger partial charge in [-0.2, -0.15) is 0 Å². The van der Waals surface area contributed by atoms with E-state index in [1.165, 1.54) is 0 Å². The third kappa shape index (κ3) is 4.69. The first-order valence-corrected chi connectivity index (χ1v) is 11.5. The fourth-order valence-corrected chi connectivity index (χ4v) is 4.43. The van der Waals surface area contributed by atoms with E-state index in [1.54, 1.807) is 19.1 Å². The largest absolute Gasteiger partial charge is 0.496 e. The highest BCUT2D eigenvalue weighted by Gasteiger charge is 2.30. The van der Waals surface area contributed by atoms with Gasteiger partial charge in [0.1, 0.15) is 17.3 Å². The molecule has 32 heavy (non-hydrogen) atoms. The standard InChI is InChI=1S/C25H21Br2NO4/c1-30-21-12-17(8-10-19(21)26)24(18-9-11-20(27)22(13-18)31-2)23-15-28(25(29)32-23)14-16-6-4-3-5-7-16/h3-13H,14-15H2,1-2H3. The second-order valence-electron chi connectivity index (χ2n) is 7.21. The molecule has 1 aliphatic heterocycles. The third-order valence-electron chi connectivity index (χ3n) is 5.18. The maximum atomic E-state index is 12.7. The van der Waals surface area contributed by atoms with Crippen molar-refractivity contribution in [3.8, 4) is 11.5 Å². The summed E-state index contributed by atoms with van der Waals surface area (Å²) in [5.41, 5.74) is 3.60. The fraction of sp³-hybridized carbons (Fsp3) is 0.160. The summed E-state index contributed by atoms with van der Waals surface area (Å²) in [7, 11) is 3.24. The van der Waals surface area contributed by atoms with Gasteiger partial charge in [-0.05, 0) is 72.8 Å². The Morgan fingerprint density at radius 1 is 0.906 bits per heavy atom. The smallest absolute Gasteiger partial charge is 0.415 e. The van der Waals surface area contributed by atoms with Crippen LogP contribution in [0.3, 0.4) is 0 Å². The van der Waals surface area contributed by atoms with Crippen LogP contribution in [0.4, 0.5) is 4.79 Å². The zero-order valence-corrected chi connectivity index (χ0v) is 20.8. The lowest BCUT2D eigenvalue weighted by molar-refractivity contribution is 0.167. The molecule has 164 valence electrons. The first-order valence-electron chi connectivity index (χ1n) is 9.92. The Morgan fingerprint density at radius 3 is 2.00 bits per heavy atom. The maximum absolute atomic E-state index is 12.7. The molecule has 0 unspecified atom stereocenters. The van der Waals surface area contributed by atoms with Gasteiger partial charge in [0, 0.05) is 12.1 Å². The van der Waals surface area contributed by atoms with E-state index in [0.717, 1.165) is 31.2 Å². The SMILES string of the molecule is COc1cc(C(=C2CN(Cc3ccccc3)C(=O)O2)c2ccc(Br)c(OC)c2)ccc1Br. The van der Waals surface area contributed by atoms with E-state index < -0.39 is 0 Å². The van der Waals surface area contributed by atoms with Crippen molar-refractivity contribution in [2.75, 3.05) is 20.8 Å². The summed E-state index contributed by atoms with van der Waals surface area (Å²) >= 11 is 7.01. The molecule has 0 bridgehead atoms. The second kappa shape index (κ2) is 9.79. The molecule has 3 aromatic rings. The number of cyclic esters (lactones) is 1. The van der Waals surface area contributed by atoms with Gasteiger partial charge in [-0.1, -0.05) is 42.5 Å². The molecule has 1 amide bonds. The number of carbonyl (C=O) groups excluding carboxylic acids is 1. The first-order chi connectivity index (χ1) is 15.5. The molecular weight excluding hydrogens is 538 g/mol. The van der Waals surface area contributed by atoms with Gasteiger partial charge in [0.05, 0.1) is 29.7 Å². The Balaban J connectivity index is 1.80. The number of ether oxygens (including phenoxy) is 3. The summed E-state index contributed by atoms with van der Waals surface area (Å²) in [6, 6.07) is 21.5. The van der Waals surface area contributed by atoms with Crippen molar-refractivity contribution in [2.24, 2.45) is 0 Å². The van der Waals surface area contributed by atoms with Crippen LogP contribution in [-0.4, -0.2) is 31.8 Å². The van der Waals surface area contributed by atoms with Gasteiger partial charge in [0.25, 0.3) is 0 Å². The Bertz CT molecular complexity index is 1120. The van der Waals surface area contributed by atoms with Crippen molar-refractivity contribution in [2.45, 2.75) is 6.54 Å². The number of rotatable bonds is 6. The molecule has 0 spiro atoms. The minimum atomic E-state index is -0.366. The van der Waals surface area contributed by atoms with E-state index in [1.807, 2.05) is 66.7 Å². The highest BCUT2D eigenvalue weighted by atomic mass is 79.9. The van der Waals surface area contributed by atoms with Gasteiger partial charge in [0.2, 0.25) is 0 Å². The summed E-state index contributed by atoms with van der Waals surface area (Å²) < 4.78 is 18.5. The summed E-state index contributed by atoms with van der Waals surface area (Å²) in [5.74, 6) is 1.96. The molecule has 0 saturated carbocycles. The molecular formula is C25H21Br2NO4. The molecule has 3 aromatic carbocycles. The number of carbonyl (C=O) groups is 1. The lowest BCUT2D eigenvalue weighted by Crippen LogP contribution is -2.23. The summed E-state index contributed by atoms with van der Waals surface area (Å²) in [5, 5.41) is 0. The zero-order chi connectivity index (χ0) is 22.7. The molecule has 1 saturated heterocycles. The third-order valence-corrected chi connectivity index (χ3v) is 6.49. The number of nitrogens with zero attached hydrogens (tertiary/aromatic N) is 1. The molecule has 1 fully saturated rings. The number of amides is 1. The highest BCUT2D eigenvalue weighted by molar-refractivity contribution is 9.10. The van der Waals surface area contributed by atoms with Crippen LogP contribution >= 0.6 is 31.9 Å². The van der Waals surface area contributed by atoms with Crippen molar-refractivity contribution >= 4 is 43.5 Å². The monoisotopic (exact) mass is 557 g/mol. The maximum Gasteiger partial charge on any atom is 0.415 e. The molecule has 0 aromatic heterocycles. The van der Waals surface area contributed by atoms with Crippen molar-refractivity contribution in [1.82, 2.24) is 4.90 Å². The summed E-state index contributed by atoms with van der Waals surface area (Å²) in [6.07, 6.45) is -0.366. The van der Waals surface area contributed by atoms with Crippen LogP contribution in [-0.2, 0) is 11.3 Å². The van der Waals surface area contributed by atoms with E-state index in [4.69, 9.17) is 14.2 Å². The van der Waals surface area contributed by atoms with Gasteiger partial charge in [-0.3, -0.25) is 4.90 Å². The van der Waals surface area contributed by atoms with E-state index in [-0.39, 0.29) is 6.09 Å².